The molecule has 0 aromatic heterocycles. The molecule has 0 saturated heterocycles. The normalized spacial score (nSPS) is 13.2. The van der Waals surface area contributed by atoms with E-state index in [2.05, 4.69) is 17.2 Å². The van der Waals surface area contributed by atoms with Crippen LogP contribution in [0, 0.1) is 0 Å². The molecule has 0 fully saturated rings. The van der Waals surface area contributed by atoms with Crippen LogP contribution in [0.1, 0.15) is 19.8 Å². The van der Waals surface area contributed by atoms with Gasteiger partial charge in [-0.25, -0.2) is 9.59 Å². The van der Waals surface area contributed by atoms with E-state index < -0.39 is 30.4 Å². The number of amides is 3. The highest BCUT2D eigenvalue weighted by Gasteiger charge is 2.22. The minimum Gasteiger partial charge on any atom is -0.480 e. The smallest absolute Gasteiger partial charge is 0.326 e. The van der Waals surface area contributed by atoms with Crippen molar-refractivity contribution in [3.63, 3.8) is 0 Å². The van der Waals surface area contributed by atoms with Crippen LogP contribution in [0.15, 0.2) is 12.7 Å². The summed E-state index contributed by atoms with van der Waals surface area (Å²) in [4.78, 5) is 32.7. The predicted molar refractivity (Wildman–Crippen MR) is 61.2 cm³/mol. The SMILES string of the molecule is C=CCC(C)NC(=O)N[C@@H](CC(N)=O)C(=O)O. The zero-order valence-corrected chi connectivity index (χ0v) is 9.60. The summed E-state index contributed by atoms with van der Waals surface area (Å²) < 4.78 is 0. The Kier molecular flexibility index (Phi) is 6.39. The van der Waals surface area contributed by atoms with E-state index in [9.17, 15) is 14.4 Å². The summed E-state index contributed by atoms with van der Waals surface area (Å²) in [5.74, 6) is -2.10. The largest absolute Gasteiger partial charge is 0.480 e. The molecule has 1 unspecified atom stereocenters. The summed E-state index contributed by atoms with van der Waals surface area (Å²) >= 11 is 0. The first-order valence-electron chi connectivity index (χ1n) is 5.05. The topological polar surface area (TPSA) is 122 Å². The Morgan fingerprint density at radius 3 is 2.41 bits per heavy atom. The number of aliphatic carboxylic acids is 1. The molecule has 7 heteroatoms. The zero-order chi connectivity index (χ0) is 13.4. The molecule has 0 aliphatic carbocycles. The van der Waals surface area contributed by atoms with Crippen LogP contribution in [-0.4, -0.2) is 35.1 Å². The van der Waals surface area contributed by atoms with Gasteiger partial charge in [-0.3, -0.25) is 4.79 Å². The molecule has 0 aliphatic rings. The number of carbonyl (C=O) groups excluding carboxylic acids is 2. The van der Waals surface area contributed by atoms with Crippen LogP contribution >= 0.6 is 0 Å². The van der Waals surface area contributed by atoms with Crippen LogP contribution in [0.2, 0.25) is 0 Å². The van der Waals surface area contributed by atoms with E-state index in [1.165, 1.54) is 0 Å². The maximum absolute atomic E-state index is 11.4. The van der Waals surface area contributed by atoms with Crippen molar-refractivity contribution in [1.82, 2.24) is 10.6 Å². The molecule has 17 heavy (non-hydrogen) atoms. The third kappa shape index (κ3) is 6.93. The standard InChI is InChI=1S/C10H17N3O4/c1-3-4-6(2)12-10(17)13-7(9(15)16)5-8(11)14/h3,6-7H,1,4-5H2,2H3,(H2,11,14)(H,15,16)(H2,12,13,17)/t6?,7-/m0/s1. The second-order valence-electron chi connectivity index (χ2n) is 3.60. The molecule has 0 radical (unpaired) electrons. The summed E-state index contributed by atoms with van der Waals surface area (Å²) in [5, 5.41) is 13.4. The molecular formula is C10H17N3O4. The molecule has 5 N–H and O–H groups in total. The van der Waals surface area contributed by atoms with Gasteiger partial charge in [-0.05, 0) is 13.3 Å². The number of carboxylic acid groups (broad SMARTS) is 1. The van der Waals surface area contributed by atoms with Gasteiger partial charge in [0.25, 0.3) is 0 Å². The number of carboxylic acids is 1. The van der Waals surface area contributed by atoms with E-state index in [-0.39, 0.29) is 6.04 Å². The van der Waals surface area contributed by atoms with Crippen molar-refractivity contribution < 1.29 is 19.5 Å². The maximum Gasteiger partial charge on any atom is 0.326 e. The Morgan fingerprint density at radius 1 is 1.41 bits per heavy atom. The quantitative estimate of drug-likeness (QED) is 0.453. The van der Waals surface area contributed by atoms with Gasteiger partial charge in [-0.2, -0.15) is 0 Å². The molecule has 0 heterocycles. The molecular weight excluding hydrogens is 226 g/mol. The summed E-state index contributed by atoms with van der Waals surface area (Å²) in [5.41, 5.74) is 4.87. The van der Waals surface area contributed by atoms with Crippen LogP contribution < -0.4 is 16.4 Å². The van der Waals surface area contributed by atoms with Crippen LogP contribution in [0.3, 0.4) is 0 Å². The van der Waals surface area contributed by atoms with Crippen LogP contribution in [-0.2, 0) is 9.59 Å². The van der Waals surface area contributed by atoms with E-state index in [1.807, 2.05) is 0 Å². The number of nitrogens with two attached hydrogens (primary N) is 1. The fourth-order valence-corrected chi connectivity index (χ4v) is 1.13. The van der Waals surface area contributed by atoms with Crippen molar-refractivity contribution in [2.45, 2.75) is 31.8 Å². The third-order valence-electron chi connectivity index (χ3n) is 1.91. The second kappa shape index (κ2) is 7.26. The van der Waals surface area contributed by atoms with Gasteiger partial charge in [-0.1, -0.05) is 6.08 Å². The van der Waals surface area contributed by atoms with E-state index >= 15 is 0 Å². The number of nitrogens with one attached hydrogen (secondary N) is 2. The van der Waals surface area contributed by atoms with Crippen molar-refractivity contribution in [1.29, 1.82) is 0 Å². The van der Waals surface area contributed by atoms with Crippen LogP contribution in [0.25, 0.3) is 0 Å². The second-order valence-corrected chi connectivity index (χ2v) is 3.60. The minimum absolute atomic E-state index is 0.171. The Labute approximate surface area is 99.1 Å². The fraction of sp³-hybridized carbons (Fsp3) is 0.500. The predicted octanol–water partition coefficient (Wildman–Crippen LogP) is -0.421. The molecule has 0 aliphatic heterocycles. The Bertz CT molecular complexity index is 317. The van der Waals surface area contributed by atoms with Gasteiger partial charge in [0.1, 0.15) is 6.04 Å². The first-order valence-corrected chi connectivity index (χ1v) is 5.05. The third-order valence-corrected chi connectivity index (χ3v) is 1.91. The van der Waals surface area contributed by atoms with Gasteiger partial charge in [0.15, 0.2) is 0 Å². The van der Waals surface area contributed by atoms with E-state index in [0.717, 1.165) is 0 Å². The van der Waals surface area contributed by atoms with E-state index in [4.69, 9.17) is 10.8 Å². The van der Waals surface area contributed by atoms with Gasteiger partial charge in [-0.15, -0.1) is 6.58 Å². The number of primary amides is 1. The van der Waals surface area contributed by atoms with Crippen molar-refractivity contribution in [2.75, 3.05) is 0 Å². The van der Waals surface area contributed by atoms with Crippen LogP contribution in [0.5, 0.6) is 0 Å². The average Bonchev–Trinajstić information content (AvgIpc) is 2.15. The highest BCUT2D eigenvalue weighted by molar-refractivity contribution is 5.87. The van der Waals surface area contributed by atoms with Gasteiger partial charge in [0.05, 0.1) is 6.42 Å². The lowest BCUT2D eigenvalue weighted by Gasteiger charge is -2.16. The molecule has 0 bridgehead atoms. The Balaban J connectivity index is 4.26. The highest BCUT2D eigenvalue weighted by atomic mass is 16.4. The lowest BCUT2D eigenvalue weighted by molar-refractivity contribution is -0.140. The molecule has 96 valence electrons. The van der Waals surface area contributed by atoms with E-state index in [1.54, 1.807) is 13.0 Å². The van der Waals surface area contributed by atoms with Gasteiger partial charge < -0.3 is 21.5 Å². The summed E-state index contributed by atoms with van der Waals surface area (Å²) in [6.45, 7) is 5.25. The maximum atomic E-state index is 11.4. The van der Waals surface area contributed by atoms with Crippen molar-refractivity contribution in [3.05, 3.63) is 12.7 Å². The number of rotatable bonds is 7. The van der Waals surface area contributed by atoms with Crippen LogP contribution in [0.4, 0.5) is 4.79 Å². The lowest BCUT2D eigenvalue weighted by Crippen LogP contribution is -2.49. The lowest BCUT2D eigenvalue weighted by atomic mass is 10.2. The minimum atomic E-state index is -1.32. The molecule has 7 nitrogen and oxygen atoms in total. The zero-order valence-electron chi connectivity index (χ0n) is 9.60. The average molecular weight is 243 g/mol. The number of carbonyl (C=O) groups is 3. The molecule has 0 saturated carbocycles. The first-order chi connectivity index (χ1) is 7.86. The first kappa shape index (κ1) is 14.9. The van der Waals surface area contributed by atoms with Crippen molar-refractivity contribution in [3.8, 4) is 0 Å². The van der Waals surface area contributed by atoms with Gasteiger partial charge in [0.2, 0.25) is 5.91 Å². The molecule has 0 aromatic rings. The molecule has 0 aromatic carbocycles. The Hall–Kier alpha value is -2.05. The van der Waals surface area contributed by atoms with Crippen molar-refractivity contribution >= 4 is 17.9 Å². The van der Waals surface area contributed by atoms with Gasteiger partial charge in [0, 0.05) is 6.04 Å². The summed E-state index contributed by atoms with van der Waals surface area (Å²) in [7, 11) is 0. The molecule has 3 amide bonds. The van der Waals surface area contributed by atoms with E-state index in [0.29, 0.717) is 6.42 Å². The molecule has 0 rings (SSSR count). The number of hydrogen-bond acceptors (Lipinski definition) is 3. The summed E-state index contributed by atoms with van der Waals surface area (Å²) in [6.07, 6.45) is 1.74. The van der Waals surface area contributed by atoms with Crippen molar-refractivity contribution in [2.24, 2.45) is 5.73 Å². The summed E-state index contributed by atoms with van der Waals surface area (Å²) in [6, 6.07) is -2.15. The highest BCUT2D eigenvalue weighted by Crippen LogP contribution is 1.94. The number of urea groups is 1. The monoisotopic (exact) mass is 243 g/mol. The number of hydrogen-bond donors (Lipinski definition) is 4. The molecule has 0 spiro atoms. The fourth-order valence-electron chi connectivity index (χ4n) is 1.13. The Morgan fingerprint density at radius 2 is 2.00 bits per heavy atom. The van der Waals surface area contributed by atoms with Gasteiger partial charge >= 0.3 is 12.0 Å². The molecule has 2 atom stereocenters.